The fourth-order valence-electron chi connectivity index (χ4n) is 2.02. The van der Waals surface area contributed by atoms with Gasteiger partial charge in [-0.05, 0) is 31.5 Å². The highest BCUT2D eigenvalue weighted by molar-refractivity contribution is 6.31. The fourth-order valence-corrected chi connectivity index (χ4v) is 2.19. The molecule has 1 aromatic heterocycles. The van der Waals surface area contributed by atoms with Gasteiger partial charge in [-0.25, -0.2) is 4.79 Å². The van der Waals surface area contributed by atoms with Crippen LogP contribution in [0.2, 0.25) is 5.02 Å². The molecule has 21 heavy (non-hydrogen) atoms. The molecule has 2 rings (SSSR count). The van der Waals surface area contributed by atoms with Gasteiger partial charge >= 0.3 is 5.97 Å². The lowest BCUT2D eigenvalue weighted by molar-refractivity contribution is -0.139. The van der Waals surface area contributed by atoms with E-state index in [0.717, 1.165) is 5.39 Å². The van der Waals surface area contributed by atoms with Gasteiger partial charge in [0.25, 0.3) is 5.91 Å². The number of furan rings is 1. The van der Waals surface area contributed by atoms with E-state index in [0.29, 0.717) is 16.2 Å². The zero-order chi connectivity index (χ0) is 15.6. The SMILES string of the molecule is C=CCC(NC(=O)c1oc2ccc(Cl)cc2c1C)C(=O)O. The molecule has 0 aliphatic carbocycles. The van der Waals surface area contributed by atoms with E-state index in [-0.39, 0.29) is 12.2 Å². The number of aliphatic carboxylic acids is 1. The minimum atomic E-state index is -1.12. The second kappa shape index (κ2) is 6.01. The molecule has 0 saturated carbocycles. The quantitative estimate of drug-likeness (QED) is 0.832. The predicted octanol–water partition coefficient (Wildman–Crippen LogP) is 3.15. The van der Waals surface area contributed by atoms with Gasteiger partial charge in [0.1, 0.15) is 11.6 Å². The summed E-state index contributed by atoms with van der Waals surface area (Å²) in [5, 5.41) is 12.7. The number of rotatable bonds is 5. The van der Waals surface area contributed by atoms with E-state index in [4.69, 9.17) is 21.1 Å². The lowest BCUT2D eigenvalue weighted by Crippen LogP contribution is -2.40. The maximum absolute atomic E-state index is 12.2. The van der Waals surface area contributed by atoms with Gasteiger partial charge < -0.3 is 14.8 Å². The summed E-state index contributed by atoms with van der Waals surface area (Å²) in [4.78, 5) is 23.2. The van der Waals surface area contributed by atoms with Gasteiger partial charge in [-0.3, -0.25) is 4.79 Å². The normalized spacial score (nSPS) is 12.1. The van der Waals surface area contributed by atoms with Crippen LogP contribution in [0.4, 0.5) is 0 Å². The molecular weight excluding hydrogens is 294 g/mol. The number of hydrogen-bond acceptors (Lipinski definition) is 3. The van der Waals surface area contributed by atoms with Crippen LogP contribution in [0.25, 0.3) is 11.0 Å². The van der Waals surface area contributed by atoms with Gasteiger partial charge in [-0.15, -0.1) is 6.58 Å². The van der Waals surface area contributed by atoms with Crippen molar-refractivity contribution in [2.45, 2.75) is 19.4 Å². The molecule has 1 amide bonds. The lowest BCUT2D eigenvalue weighted by Gasteiger charge is -2.11. The third kappa shape index (κ3) is 3.08. The van der Waals surface area contributed by atoms with E-state index >= 15 is 0 Å². The third-order valence-electron chi connectivity index (χ3n) is 3.11. The second-order valence-electron chi connectivity index (χ2n) is 4.59. The van der Waals surface area contributed by atoms with E-state index in [9.17, 15) is 9.59 Å². The average Bonchev–Trinajstić information content (AvgIpc) is 2.75. The number of benzene rings is 1. The summed E-state index contributed by atoms with van der Waals surface area (Å²) in [6.45, 7) is 5.19. The van der Waals surface area contributed by atoms with Gasteiger partial charge in [-0.2, -0.15) is 0 Å². The summed E-state index contributed by atoms with van der Waals surface area (Å²) < 4.78 is 5.48. The molecule has 6 heteroatoms. The van der Waals surface area contributed by atoms with Crippen LogP contribution in [0.1, 0.15) is 22.5 Å². The standard InChI is InChI=1S/C15H14ClNO4/c1-3-4-11(15(19)20)17-14(18)13-8(2)10-7-9(16)5-6-12(10)21-13/h3,5-7,11H,1,4H2,2H3,(H,17,18)(H,19,20). The van der Waals surface area contributed by atoms with Gasteiger partial charge in [0.05, 0.1) is 0 Å². The lowest BCUT2D eigenvalue weighted by atomic mass is 10.1. The van der Waals surface area contributed by atoms with Crippen molar-refractivity contribution in [3.05, 3.63) is 47.2 Å². The van der Waals surface area contributed by atoms with Crippen molar-refractivity contribution in [3.63, 3.8) is 0 Å². The summed E-state index contributed by atoms with van der Waals surface area (Å²) in [7, 11) is 0. The number of fused-ring (bicyclic) bond motifs is 1. The highest BCUT2D eigenvalue weighted by Crippen LogP contribution is 2.27. The second-order valence-corrected chi connectivity index (χ2v) is 5.02. The predicted molar refractivity (Wildman–Crippen MR) is 79.7 cm³/mol. The molecule has 0 fully saturated rings. The van der Waals surface area contributed by atoms with Crippen molar-refractivity contribution in [1.82, 2.24) is 5.32 Å². The Hall–Kier alpha value is -2.27. The highest BCUT2D eigenvalue weighted by Gasteiger charge is 2.23. The maximum Gasteiger partial charge on any atom is 0.326 e. The first-order valence-electron chi connectivity index (χ1n) is 6.27. The molecule has 0 saturated heterocycles. The molecule has 0 aliphatic heterocycles. The summed E-state index contributed by atoms with van der Waals surface area (Å²) in [5.41, 5.74) is 1.14. The molecule has 5 nitrogen and oxygen atoms in total. The van der Waals surface area contributed by atoms with Crippen LogP contribution in [0, 0.1) is 6.92 Å². The van der Waals surface area contributed by atoms with Crippen LogP contribution < -0.4 is 5.32 Å². The first kappa shape index (κ1) is 15.1. The van der Waals surface area contributed by atoms with Crippen LogP contribution in [0.5, 0.6) is 0 Å². The van der Waals surface area contributed by atoms with Crippen molar-refractivity contribution in [3.8, 4) is 0 Å². The molecule has 0 aliphatic rings. The van der Waals surface area contributed by atoms with Crippen molar-refractivity contribution in [2.24, 2.45) is 0 Å². The van der Waals surface area contributed by atoms with E-state index in [1.807, 2.05) is 0 Å². The van der Waals surface area contributed by atoms with Crippen LogP contribution in [0.3, 0.4) is 0 Å². The summed E-state index contributed by atoms with van der Waals surface area (Å²) in [5.74, 6) is -1.61. The molecule has 1 atom stereocenters. The van der Waals surface area contributed by atoms with E-state index in [1.165, 1.54) is 6.08 Å². The number of nitrogens with one attached hydrogen (secondary N) is 1. The Morgan fingerprint density at radius 1 is 1.52 bits per heavy atom. The summed E-state index contributed by atoms with van der Waals surface area (Å²) in [6, 6.07) is 3.99. The molecule has 110 valence electrons. The molecular formula is C15H14ClNO4. The number of carboxylic acids is 1. The maximum atomic E-state index is 12.2. The van der Waals surface area contributed by atoms with Gasteiger partial charge in [-0.1, -0.05) is 17.7 Å². The minimum absolute atomic E-state index is 0.0857. The Bertz CT molecular complexity index is 720. The zero-order valence-corrected chi connectivity index (χ0v) is 12.1. The molecule has 1 heterocycles. The first-order chi connectivity index (χ1) is 9.93. The fraction of sp³-hybridized carbons (Fsp3) is 0.200. The Morgan fingerprint density at radius 2 is 2.24 bits per heavy atom. The van der Waals surface area contributed by atoms with Gasteiger partial charge in [0.2, 0.25) is 0 Å². The number of halogens is 1. The monoisotopic (exact) mass is 307 g/mol. The topological polar surface area (TPSA) is 79.5 Å². The number of carboxylic acid groups (broad SMARTS) is 1. The van der Waals surface area contributed by atoms with Crippen LogP contribution in [-0.4, -0.2) is 23.0 Å². The Labute approximate surface area is 126 Å². The van der Waals surface area contributed by atoms with Crippen molar-refractivity contribution < 1.29 is 19.1 Å². The van der Waals surface area contributed by atoms with Gasteiger partial charge in [0, 0.05) is 16.0 Å². The summed E-state index contributed by atoms with van der Waals surface area (Å²) in [6.07, 6.45) is 1.57. The number of hydrogen-bond donors (Lipinski definition) is 2. The Balaban J connectivity index is 2.33. The van der Waals surface area contributed by atoms with Crippen LogP contribution >= 0.6 is 11.6 Å². The molecule has 0 radical (unpaired) electrons. The summed E-state index contributed by atoms with van der Waals surface area (Å²) >= 11 is 5.92. The zero-order valence-electron chi connectivity index (χ0n) is 11.4. The largest absolute Gasteiger partial charge is 0.480 e. The molecule has 2 aromatic rings. The number of aryl methyl sites for hydroxylation is 1. The average molecular weight is 308 g/mol. The first-order valence-corrected chi connectivity index (χ1v) is 6.65. The third-order valence-corrected chi connectivity index (χ3v) is 3.35. The van der Waals surface area contributed by atoms with Crippen LogP contribution in [0.15, 0.2) is 35.3 Å². The smallest absolute Gasteiger partial charge is 0.326 e. The van der Waals surface area contributed by atoms with Crippen molar-refractivity contribution in [1.29, 1.82) is 0 Å². The molecule has 0 bridgehead atoms. The highest BCUT2D eigenvalue weighted by atomic mass is 35.5. The van der Waals surface area contributed by atoms with E-state index < -0.39 is 17.9 Å². The van der Waals surface area contributed by atoms with E-state index in [1.54, 1.807) is 25.1 Å². The number of carbonyl (C=O) groups excluding carboxylic acids is 1. The number of carbonyl (C=O) groups is 2. The van der Waals surface area contributed by atoms with Crippen molar-refractivity contribution in [2.75, 3.05) is 0 Å². The van der Waals surface area contributed by atoms with E-state index in [2.05, 4.69) is 11.9 Å². The van der Waals surface area contributed by atoms with Gasteiger partial charge in [0.15, 0.2) is 5.76 Å². The number of amides is 1. The minimum Gasteiger partial charge on any atom is -0.480 e. The van der Waals surface area contributed by atoms with Crippen LogP contribution in [-0.2, 0) is 4.79 Å². The van der Waals surface area contributed by atoms with Crippen molar-refractivity contribution >= 4 is 34.4 Å². The molecule has 1 unspecified atom stereocenters. The molecule has 2 N–H and O–H groups in total. The molecule has 1 aromatic carbocycles. The molecule has 0 spiro atoms. The Morgan fingerprint density at radius 3 is 2.86 bits per heavy atom. The Kier molecular flexibility index (Phi) is 4.33.